The van der Waals surface area contributed by atoms with E-state index in [1.807, 2.05) is 20.1 Å². The third-order valence-corrected chi connectivity index (χ3v) is 3.75. The lowest BCUT2D eigenvalue weighted by Crippen LogP contribution is -2.19. The highest BCUT2D eigenvalue weighted by Crippen LogP contribution is 2.18. The van der Waals surface area contributed by atoms with Gasteiger partial charge >= 0.3 is 0 Å². The van der Waals surface area contributed by atoms with Gasteiger partial charge in [-0.15, -0.1) is 0 Å². The monoisotopic (exact) mass is 356 g/mol. The van der Waals surface area contributed by atoms with Crippen molar-refractivity contribution >= 4 is 12.1 Å². The Labute approximate surface area is 156 Å². The molecule has 1 aromatic rings. The van der Waals surface area contributed by atoms with Gasteiger partial charge in [0.2, 0.25) is 0 Å². The van der Waals surface area contributed by atoms with E-state index >= 15 is 0 Å². The summed E-state index contributed by atoms with van der Waals surface area (Å²) in [7, 11) is 1.46. The predicted molar refractivity (Wildman–Crippen MR) is 106 cm³/mol. The van der Waals surface area contributed by atoms with Crippen LogP contribution in [0.1, 0.15) is 46.0 Å². The summed E-state index contributed by atoms with van der Waals surface area (Å²) >= 11 is 0. The van der Waals surface area contributed by atoms with E-state index in [2.05, 4.69) is 40.5 Å². The van der Waals surface area contributed by atoms with Gasteiger partial charge in [0.05, 0.1) is 11.0 Å². The van der Waals surface area contributed by atoms with Gasteiger partial charge in [0, 0.05) is 25.2 Å². The largest absolute Gasteiger partial charge is 0.397 e. The molecule has 140 valence electrons. The second-order valence-electron chi connectivity index (χ2n) is 5.89. The van der Waals surface area contributed by atoms with Gasteiger partial charge in [0.25, 0.3) is 0 Å². The minimum atomic E-state index is -0.761. The Morgan fingerprint density at radius 3 is 2.81 bits per heavy atom. The van der Waals surface area contributed by atoms with Crippen molar-refractivity contribution in [3.63, 3.8) is 0 Å². The Hall–Kier alpha value is -2.65. The second kappa shape index (κ2) is 10.4. The van der Waals surface area contributed by atoms with Crippen LogP contribution in [0.2, 0.25) is 0 Å². The molecule has 0 saturated heterocycles. The van der Waals surface area contributed by atoms with Crippen molar-refractivity contribution in [2.75, 3.05) is 13.7 Å². The van der Waals surface area contributed by atoms with Crippen molar-refractivity contribution in [2.45, 2.75) is 40.2 Å². The van der Waals surface area contributed by atoms with Crippen LogP contribution in [0, 0.1) is 17.3 Å². The summed E-state index contributed by atoms with van der Waals surface area (Å²) in [5, 5.41) is 14.0. The topological polar surface area (TPSA) is 72.0 Å². The summed E-state index contributed by atoms with van der Waals surface area (Å²) in [6.45, 7) is 12.2. The molecule has 0 spiro atoms. The summed E-state index contributed by atoms with van der Waals surface area (Å²) in [6.07, 6.45) is 8.64. The zero-order chi connectivity index (χ0) is 19.6. The van der Waals surface area contributed by atoms with Crippen LogP contribution in [0.5, 0.6) is 0 Å². The molecule has 1 aromatic heterocycles. The van der Waals surface area contributed by atoms with E-state index in [0.717, 1.165) is 13.0 Å². The molecule has 0 radical (unpaired) electrons. The van der Waals surface area contributed by atoms with E-state index in [0.29, 0.717) is 17.2 Å². The van der Waals surface area contributed by atoms with Crippen LogP contribution in [0.4, 0.5) is 0 Å². The van der Waals surface area contributed by atoms with Crippen molar-refractivity contribution in [1.82, 2.24) is 9.55 Å². The number of rotatable bonds is 7. The number of nitrogens with zero attached hydrogens (tertiary/aromatic N) is 4. The minimum absolute atomic E-state index is 0.351. The standard InChI is InChI=1S/C20H28N4O2/c1-7-10-17(11-12-20(5,8-2)15-21-9-3)19(23-26-6)24-14-13-22-18(24)16(4)25/h7,10,13-16,25H,1,8-9H2,2-6H3/b17-10-,21-15-,23-19+/t16-,20?/m0/s1. The Morgan fingerprint density at radius 1 is 1.54 bits per heavy atom. The molecule has 0 aromatic carbocycles. The fourth-order valence-corrected chi connectivity index (χ4v) is 2.12. The van der Waals surface area contributed by atoms with Crippen molar-refractivity contribution in [2.24, 2.45) is 15.6 Å². The molecular weight excluding hydrogens is 328 g/mol. The number of hydrogen-bond acceptors (Lipinski definition) is 5. The first kappa shape index (κ1) is 21.4. The third-order valence-electron chi connectivity index (χ3n) is 3.75. The van der Waals surface area contributed by atoms with Gasteiger partial charge in [-0.25, -0.2) is 4.98 Å². The summed E-state index contributed by atoms with van der Waals surface area (Å²) < 4.78 is 1.65. The molecular formula is C20H28N4O2. The number of oxime groups is 1. The maximum Gasteiger partial charge on any atom is 0.193 e. The Balaban J connectivity index is 3.43. The van der Waals surface area contributed by atoms with Crippen LogP contribution in [0.25, 0.3) is 0 Å². The van der Waals surface area contributed by atoms with Crippen molar-refractivity contribution in [3.05, 3.63) is 42.5 Å². The minimum Gasteiger partial charge on any atom is -0.397 e. The van der Waals surface area contributed by atoms with Gasteiger partial charge < -0.3 is 9.94 Å². The van der Waals surface area contributed by atoms with Gasteiger partial charge in [-0.3, -0.25) is 9.56 Å². The highest BCUT2D eigenvalue weighted by Gasteiger charge is 2.19. The molecule has 6 heteroatoms. The fourth-order valence-electron chi connectivity index (χ4n) is 2.12. The van der Waals surface area contributed by atoms with Crippen LogP contribution in [0.15, 0.2) is 46.8 Å². The molecule has 0 aliphatic rings. The second-order valence-corrected chi connectivity index (χ2v) is 5.89. The fraction of sp³-hybridized carbons (Fsp3) is 0.450. The molecule has 0 bridgehead atoms. The Morgan fingerprint density at radius 2 is 2.27 bits per heavy atom. The molecule has 0 fully saturated rings. The van der Waals surface area contributed by atoms with Gasteiger partial charge in [-0.2, -0.15) is 0 Å². The maximum absolute atomic E-state index is 9.94. The first-order valence-corrected chi connectivity index (χ1v) is 8.62. The number of allylic oxidation sites excluding steroid dienone is 3. The van der Waals surface area contributed by atoms with Gasteiger partial charge in [-0.05, 0) is 33.3 Å². The van der Waals surface area contributed by atoms with Crippen LogP contribution in [-0.4, -0.2) is 40.4 Å². The van der Waals surface area contributed by atoms with E-state index in [-0.39, 0.29) is 5.41 Å². The van der Waals surface area contributed by atoms with Crippen molar-refractivity contribution in [1.29, 1.82) is 0 Å². The number of imidazole rings is 1. The number of aromatic nitrogens is 2. The van der Waals surface area contributed by atoms with Crippen LogP contribution in [-0.2, 0) is 4.84 Å². The smallest absolute Gasteiger partial charge is 0.193 e. The van der Waals surface area contributed by atoms with Crippen LogP contribution in [0.3, 0.4) is 0 Å². The van der Waals surface area contributed by atoms with Crippen LogP contribution < -0.4 is 0 Å². The molecule has 0 aliphatic carbocycles. The molecule has 1 unspecified atom stereocenters. The lowest BCUT2D eigenvalue weighted by Gasteiger charge is -2.16. The van der Waals surface area contributed by atoms with E-state index in [1.54, 1.807) is 36.0 Å². The quantitative estimate of drug-likeness (QED) is 0.268. The number of aliphatic hydroxyl groups is 1. The molecule has 0 amide bonds. The Kier molecular flexibility index (Phi) is 8.53. The number of aliphatic hydroxyl groups excluding tert-OH is 1. The first-order chi connectivity index (χ1) is 12.4. The summed E-state index contributed by atoms with van der Waals surface area (Å²) in [5.41, 5.74) is 0.252. The van der Waals surface area contributed by atoms with E-state index in [9.17, 15) is 5.11 Å². The summed E-state index contributed by atoms with van der Waals surface area (Å²) in [6, 6.07) is 0. The van der Waals surface area contributed by atoms with Gasteiger partial charge in [-0.1, -0.05) is 36.6 Å². The molecule has 0 saturated carbocycles. The Bertz CT molecular complexity index is 747. The zero-order valence-corrected chi connectivity index (χ0v) is 16.2. The van der Waals surface area contributed by atoms with Crippen molar-refractivity contribution in [3.8, 4) is 11.8 Å². The average molecular weight is 356 g/mol. The van der Waals surface area contributed by atoms with E-state index in [4.69, 9.17) is 4.84 Å². The molecule has 26 heavy (non-hydrogen) atoms. The van der Waals surface area contributed by atoms with Crippen LogP contribution >= 0.6 is 0 Å². The maximum atomic E-state index is 9.94. The summed E-state index contributed by atoms with van der Waals surface area (Å²) in [5.74, 6) is 7.31. The van der Waals surface area contributed by atoms with Gasteiger partial charge in [0.1, 0.15) is 19.0 Å². The van der Waals surface area contributed by atoms with E-state index in [1.165, 1.54) is 7.11 Å². The SMILES string of the molecule is C=C/C=C(C#CC(C)(/C=N\CC)CC)\C(=N/OC)n1ccnc1[C@H](C)O. The predicted octanol–water partition coefficient (Wildman–Crippen LogP) is 3.37. The molecule has 1 heterocycles. The van der Waals surface area contributed by atoms with Gasteiger partial charge in [0.15, 0.2) is 5.84 Å². The lowest BCUT2D eigenvalue weighted by atomic mass is 9.89. The number of aliphatic imine (C=N–C) groups is 1. The third kappa shape index (κ3) is 5.71. The first-order valence-electron chi connectivity index (χ1n) is 8.62. The van der Waals surface area contributed by atoms with E-state index < -0.39 is 6.10 Å². The molecule has 2 atom stereocenters. The average Bonchev–Trinajstić information content (AvgIpc) is 3.11. The lowest BCUT2D eigenvalue weighted by molar-refractivity contribution is 0.186. The molecule has 0 aliphatic heterocycles. The number of hydrogen-bond donors (Lipinski definition) is 1. The highest BCUT2D eigenvalue weighted by atomic mass is 16.6. The molecule has 1 N–H and O–H groups in total. The summed E-state index contributed by atoms with van der Waals surface area (Å²) in [4.78, 5) is 13.5. The highest BCUT2D eigenvalue weighted by molar-refractivity contribution is 6.04. The zero-order valence-electron chi connectivity index (χ0n) is 16.2. The normalized spacial score (nSPS) is 15.9. The van der Waals surface area contributed by atoms with Crippen molar-refractivity contribution < 1.29 is 9.94 Å². The molecule has 6 nitrogen and oxygen atoms in total. The molecule has 1 rings (SSSR count).